The van der Waals surface area contributed by atoms with Crippen LogP contribution in [0.3, 0.4) is 0 Å². The van der Waals surface area contributed by atoms with Crippen LogP contribution in [0.4, 0.5) is 11.4 Å². The molecule has 0 aliphatic carbocycles. The third kappa shape index (κ3) is 7.44. The lowest BCUT2D eigenvalue weighted by atomic mass is 10.1. The zero-order chi connectivity index (χ0) is 25.4. The number of hydrogen-bond donors (Lipinski definition) is 0. The first-order chi connectivity index (χ1) is 16.0. The molecule has 0 spiro atoms. The van der Waals surface area contributed by atoms with Crippen LogP contribution in [0.25, 0.3) is 0 Å². The largest absolute Gasteiger partial charge is 0.426 e. The summed E-state index contributed by atoms with van der Waals surface area (Å²) in [6, 6.07) is 7.59. The third-order valence-corrected chi connectivity index (χ3v) is 3.63. The van der Waals surface area contributed by atoms with Crippen LogP contribution in [-0.2, 0) is 28.7 Å². The van der Waals surface area contributed by atoms with Gasteiger partial charge in [-0.15, -0.1) is 0 Å². The van der Waals surface area contributed by atoms with Crippen molar-refractivity contribution in [3.8, 4) is 11.5 Å². The summed E-state index contributed by atoms with van der Waals surface area (Å²) in [6.07, 6.45) is 0. The Morgan fingerprint density at radius 1 is 0.559 bits per heavy atom. The first kappa shape index (κ1) is 25.5. The van der Waals surface area contributed by atoms with E-state index in [0.717, 1.165) is 27.7 Å². The van der Waals surface area contributed by atoms with Crippen LogP contribution in [0, 0.1) is 0 Å². The van der Waals surface area contributed by atoms with Crippen LogP contribution in [-0.4, -0.2) is 35.8 Å². The quantitative estimate of drug-likeness (QED) is 0.264. The van der Waals surface area contributed by atoms with E-state index < -0.39 is 35.8 Å². The van der Waals surface area contributed by atoms with E-state index in [1.807, 2.05) is 0 Å². The van der Waals surface area contributed by atoms with Crippen molar-refractivity contribution in [1.82, 2.24) is 0 Å². The van der Waals surface area contributed by atoms with E-state index in [9.17, 15) is 28.8 Å². The molecule has 0 N–H and O–H groups in total. The number of nitrogens with zero attached hydrogens (tertiary/aromatic N) is 2. The minimum Gasteiger partial charge on any atom is -0.426 e. The van der Waals surface area contributed by atoms with E-state index in [4.69, 9.17) is 9.47 Å². The summed E-state index contributed by atoms with van der Waals surface area (Å²) in [4.78, 5) is 69.2. The zero-order valence-electron chi connectivity index (χ0n) is 18.4. The number of ether oxygens (including phenoxy) is 4. The average Bonchev–Trinajstić information content (AvgIpc) is 2.71. The smallest absolute Gasteiger partial charge is 0.349 e. The molecule has 0 atom stereocenters. The molecular weight excluding hydrogens is 452 g/mol. The van der Waals surface area contributed by atoms with Crippen molar-refractivity contribution >= 4 is 47.2 Å². The Balaban J connectivity index is 2.42. The summed E-state index contributed by atoms with van der Waals surface area (Å²) >= 11 is 0. The standard InChI is InChI=1S/C22H18N2O10/c1-11(25)31-19-7-5-15(9-17(19)21(29)33-13(3)27)23-24-16-6-8-20(32-12(2)26)18(10-16)22(30)34-14(4)28/h5-10H,1-4H3. The van der Waals surface area contributed by atoms with Crippen LogP contribution in [0.2, 0.25) is 0 Å². The number of benzene rings is 2. The van der Waals surface area contributed by atoms with Gasteiger partial charge < -0.3 is 18.9 Å². The molecule has 2 rings (SSSR count). The van der Waals surface area contributed by atoms with Gasteiger partial charge in [0.15, 0.2) is 0 Å². The van der Waals surface area contributed by atoms with Crippen molar-refractivity contribution in [3.63, 3.8) is 0 Å². The highest BCUT2D eigenvalue weighted by Crippen LogP contribution is 2.29. The number of esters is 6. The molecule has 0 saturated carbocycles. The molecule has 2 aromatic rings. The SMILES string of the molecule is CC(=O)OC(=O)c1cc(N=Nc2ccc(OC(C)=O)c(C(=O)OC(C)=O)c2)ccc1OC(C)=O. The van der Waals surface area contributed by atoms with Gasteiger partial charge in [0, 0.05) is 27.7 Å². The molecule has 0 aliphatic rings. The third-order valence-electron chi connectivity index (χ3n) is 3.63. The lowest BCUT2D eigenvalue weighted by Gasteiger charge is -2.09. The van der Waals surface area contributed by atoms with Crippen LogP contribution < -0.4 is 9.47 Å². The molecule has 0 bridgehead atoms. The summed E-state index contributed by atoms with van der Waals surface area (Å²) in [5, 5.41) is 7.87. The van der Waals surface area contributed by atoms with Crippen LogP contribution in [0.15, 0.2) is 46.6 Å². The molecule has 12 heteroatoms. The van der Waals surface area contributed by atoms with Gasteiger partial charge >= 0.3 is 35.8 Å². The molecule has 0 saturated heterocycles. The fourth-order valence-corrected chi connectivity index (χ4v) is 2.45. The van der Waals surface area contributed by atoms with Gasteiger partial charge in [-0.3, -0.25) is 19.2 Å². The van der Waals surface area contributed by atoms with Crippen molar-refractivity contribution in [2.75, 3.05) is 0 Å². The van der Waals surface area contributed by atoms with Crippen molar-refractivity contribution in [2.45, 2.75) is 27.7 Å². The molecule has 34 heavy (non-hydrogen) atoms. The Labute approximate surface area is 192 Å². The summed E-state index contributed by atoms with van der Waals surface area (Å²) in [6.45, 7) is 4.31. The molecule has 176 valence electrons. The number of carbonyl (C=O) groups is 6. The Bertz CT molecular complexity index is 1120. The number of carbonyl (C=O) groups excluding carboxylic acids is 6. The zero-order valence-corrected chi connectivity index (χ0v) is 18.4. The van der Waals surface area contributed by atoms with E-state index in [0.29, 0.717) is 0 Å². The molecule has 0 radical (unpaired) electrons. The van der Waals surface area contributed by atoms with Crippen molar-refractivity contribution in [2.24, 2.45) is 10.2 Å². The molecular formula is C22H18N2O10. The minimum atomic E-state index is -1.07. The topological polar surface area (TPSA) is 164 Å². The Morgan fingerprint density at radius 2 is 0.912 bits per heavy atom. The number of rotatable bonds is 6. The highest BCUT2D eigenvalue weighted by Gasteiger charge is 2.20. The molecule has 0 unspecified atom stereocenters. The molecule has 2 aromatic carbocycles. The maximum absolute atomic E-state index is 12.2. The normalized spacial score (nSPS) is 10.4. The summed E-state index contributed by atoms with van der Waals surface area (Å²) in [5.41, 5.74) is -0.303. The van der Waals surface area contributed by atoms with Gasteiger partial charge in [-0.1, -0.05) is 0 Å². The summed E-state index contributed by atoms with van der Waals surface area (Å²) in [7, 11) is 0. The predicted octanol–water partition coefficient (Wildman–Crippen LogP) is 3.36. The molecule has 0 aliphatic heterocycles. The lowest BCUT2D eigenvalue weighted by Crippen LogP contribution is -2.12. The molecule has 0 fully saturated rings. The van der Waals surface area contributed by atoms with Gasteiger partial charge in [0.05, 0.1) is 11.4 Å². The Morgan fingerprint density at radius 3 is 1.21 bits per heavy atom. The van der Waals surface area contributed by atoms with Crippen molar-refractivity contribution in [1.29, 1.82) is 0 Å². The fraction of sp³-hybridized carbons (Fsp3) is 0.182. The molecule has 0 amide bonds. The van der Waals surface area contributed by atoms with Gasteiger partial charge in [0.2, 0.25) is 0 Å². The second kappa shape index (κ2) is 11.2. The molecule has 12 nitrogen and oxygen atoms in total. The van der Waals surface area contributed by atoms with Gasteiger partial charge in [-0.05, 0) is 36.4 Å². The second-order valence-corrected chi connectivity index (χ2v) is 6.51. The number of azo groups is 1. The molecule has 0 heterocycles. The van der Waals surface area contributed by atoms with E-state index in [1.165, 1.54) is 36.4 Å². The second-order valence-electron chi connectivity index (χ2n) is 6.51. The monoisotopic (exact) mass is 470 g/mol. The van der Waals surface area contributed by atoms with Crippen LogP contribution in [0.1, 0.15) is 48.4 Å². The molecule has 0 aromatic heterocycles. The van der Waals surface area contributed by atoms with Gasteiger partial charge in [-0.25, -0.2) is 9.59 Å². The van der Waals surface area contributed by atoms with Gasteiger partial charge in [0.1, 0.15) is 22.6 Å². The summed E-state index contributed by atoms with van der Waals surface area (Å²) < 4.78 is 18.9. The number of hydrogen-bond acceptors (Lipinski definition) is 12. The van der Waals surface area contributed by atoms with E-state index in [1.54, 1.807) is 0 Å². The van der Waals surface area contributed by atoms with Crippen molar-refractivity contribution in [3.05, 3.63) is 47.5 Å². The minimum absolute atomic E-state index is 0.100. The highest BCUT2D eigenvalue weighted by atomic mass is 16.6. The van der Waals surface area contributed by atoms with Gasteiger partial charge in [-0.2, -0.15) is 10.2 Å². The predicted molar refractivity (Wildman–Crippen MR) is 112 cm³/mol. The van der Waals surface area contributed by atoms with Gasteiger partial charge in [0.25, 0.3) is 0 Å². The van der Waals surface area contributed by atoms with E-state index >= 15 is 0 Å². The first-order valence-electron chi connectivity index (χ1n) is 9.48. The first-order valence-corrected chi connectivity index (χ1v) is 9.48. The van der Waals surface area contributed by atoms with Crippen LogP contribution in [0.5, 0.6) is 11.5 Å². The maximum Gasteiger partial charge on any atom is 0.349 e. The lowest BCUT2D eigenvalue weighted by molar-refractivity contribution is -0.136. The Hall–Kier alpha value is -4.74. The van der Waals surface area contributed by atoms with Crippen LogP contribution >= 0.6 is 0 Å². The van der Waals surface area contributed by atoms with Crippen molar-refractivity contribution < 1.29 is 47.7 Å². The van der Waals surface area contributed by atoms with E-state index in [2.05, 4.69) is 19.7 Å². The Kier molecular flexibility index (Phi) is 8.42. The highest BCUT2D eigenvalue weighted by molar-refractivity contribution is 6.00. The average molecular weight is 470 g/mol. The van der Waals surface area contributed by atoms with E-state index in [-0.39, 0.29) is 34.0 Å². The fourth-order valence-electron chi connectivity index (χ4n) is 2.45. The summed E-state index contributed by atoms with van der Waals surface area (Å²) in [5.74, 6) is -5.60. The maximum atomic E-state index is 12.2.